The first-order valence-corrected chi connectivity index (χ1v) is 10.2. The minimum absolute atomic E-state index is 0.0869. The minimum Gasteiger partial charge on any atom is -0.481 e. The number of halogens is 3. The van der Waals surface area contributed by atoms with Crippen molar-refractivity contribution < 1.29 is 32.6 Å². The Labute approximate surface area is 187 Å². The van der Waals surface area contributed by atoms with Gasteiger partial charge in [-0.2, -0.15) is 13.2 Å². The quantitative estimate of drug-likeness (QED) is 0.413. The molecule has 8 heteroatoms. The smallest absolute Gasteiger partial charge is 0.416 e. The van der Waals surface area contributed by atoms with Crippen LogP contribution in [0.2, 0.25) is 0 Å². The van der Waals surface area contributed by atoms with Crippen molar-refractivity contribution in [3.8, 4) is 11.1 Å². The number of fused-ring (bicyclic) bond motifs is 3. The minimum atomic E-state index is -4.54. The van der Waals surface area contributed by atoms with Gasteiger partial charge in [-0.05, 0) is 39.9 Å². The van der Waals surface area contributed by atoms with Crippen LogP contribution in [0.1, 0.15) is 34.2 Å². The first kappa shape index (κ1) is 22.5. The number of carboxylic acid groups (broad SMARTS) is 1. The van der Waals surface area contributed by atoms with Crippen LogP contribution in [0.3, 0.4) is 0 Å². The number of nitrogens with two attached hydrogens (primary N) is 1. The molecule has 0 aromatic heterocycles. The van der Waals surface area contributed by atoms with Gasteiger partial charge in [-0.15, -0.1) is 0 Å². The Morgan fingerprint density at radius 3 is 1.91 bits per heavy atom. The van der Waals surface area contributed by atoms with Crippen molar-refractivity contribution in [1.82, 2.24) is 0 Å². The van der Waals surface area contributed by atoms with Crippen LogP contribution in [-0.4, -0.2) is 23.7 Å². The van der Waals surface area contributed by atoms with E-state index in [4.69, 9.17) is 10.5 Å². The highest BCUT2D eigenvalue weighted by molar-refractivity contribution is 5.95. The predicted molar refractivity (Wildman–Crippen MR) is 114 cm³/mol. The van der Waals surface area contributed by atoms with Crippen LogP contribution in [-0.2, 0) is 20.5 Å². The van der Waals surface area contributed by atoms with Crippen molar-refractivity contribution in [2.75, 3.05) is 6.61 Å². The molecule has 0 aliphatic heterocycles. The first-order chi connectivity index (χ1) is 15.7. The van der Waals surface area contributed by atoms with E-state index in [9.17, 15) is 27.9 Å². The molecule has 3 N–H and O–H groups in total. The van der Waals surface area contributed by atoms with Gasteiger partial charge in [-0.1, -0.05) is 60.7 Å². The summed E-state index contributed by atoms with van der Waals surface area (Å²) in [6.45, 7) is -0.0869. The third-order valence-corrected chi connectivity index (χ3v) is 5.86. The van der Waals surface area contributed by atoms with Crippen LogP contribution in [0.25, 0.3) is 11.1 Å². The molecule has 0 bridgehead atoms. The van der Waals surface area contributed by atoms with E-state index >= 15 is 0 Å². The van der Waals surface area contributed by atoms with Crippen LogP contribution < -0.4 is 5.73 Å². The predicted octanol–water partition coefficient (Wildman–Crippen LogP) is 4.76. The molecular weight excluding hydrogens is 435 g/mol. The van der Waals surface area contributed by atoms with E-state index in [2.05, 4.69) is 0 Å². The van der Waals surface area contributed by atoms with E-state index in [0.717, 1.165) is 46.5 Å². The Morgan fingerprint density at radius 2 is 1.42 bits per heavy atom. The van der Waals surface area contributed by atoms with Crippen molar-refractivity contribution in [1.29, 1.82) is 0 Å². The van der Waals surface area contributed by atoms with Gasteiger partial charge in [-0.25, -0.2) is 0 Å². The average Bonchev–Trinajstić information content (AvgIpc) is 3.11. The summed E-state index contributed by atoms with van der Waals surface area (Å²) < 4.78 is 43.8. The van der Waals surface area contributed by atoms with Crippen LogP contribution in [0.15, 0.2) is 72.8 Å². The van der Waals surface area contributed by atoms with Crippen LogP contribution in [0, 0.1) is 5.92 Å². The molecule has 1 aliphatic carbocycles. The molecule has 0 heterocycles. The van der Waals surface area contributed by atoms with Crippen molar-refractivity contribution in [2.24, 2.45) is 11.7 Å². The SMILES string of the molecule is NC(c1ccc(C(F)(F)F)cc1)C(C(=O)O)C(=O)OCC1c2ccccc2-c2ccccc21. The molecule has 2 unspecified atom stereocenters. The van der Waals surface area contributed by atoms with Crippen LogP contribution in [0.5, 0.6) is 0 Å². The maximum Gasteiger partial charge on any atom is 0.416 e. The molecule has 0 radical (unpaired) electrons. The summed E-state index contributed by atoms with van der Waals surface area (Å²) in [5.41, 5.74) is 9.13. The molecule has 5 nitrogen and oxygen atoms in total. The number of carboxylic acids is 1. The Kier molecular flexibility index (Phi) is 5.95. The number of ether oxygens (including phenoxy) is 1. The second-order valence-electron chi connectivity index (χ2n) is 7.82. The fourth-order valence-corrected chi connectivity index (χ4v) is 4.18. The second-order valence-corrected chi connectivity index (χ2v) is 7.82. The topological polar surface area (TPSA) is 89.6 Å². The van der Waals surface area contributed by atoms with Gasteiger partial charge in [0.15, 0.2) is 5.92 Å². The van der Waals surface area contributed by atoms with Crippen LogP contribution >= 0.6 is 0 Å². The molecular formula is C25H20F3NO4. The summed E-state index contributed by atoms with van der Waals surface area (Å²) in [4.78, 5) is 24.6. The highest BCUT2D eigenvalue weighted by Crippen LogP contribution is 2.44. The standard InChI is InChI=1S/C25H20F3NO4/c26-25(27,28)15-11-9-14(10-12-15)22(29)21(23(30)31)24(32)33-13-20-18-7-3-1-5-16(18)17-6-2-4-8-19(17)20/h1-12,20-22H,13,29H2,(H,30,31). The number of carbonyl (C=O) groups excluding carboxylic acids is 1. The number of carbonyl (C=O) groups is 2. The van der Waals surface area contributed by atoms with Gasteiger partial charge >= 0.3 is 18.1 Å². The monoisotopic (exact) mass is 455 g/mol. The van der Waals surface area contributed by atoms with Gasteiger partial charge in [0, 0.05) is 5.92 Å². The highest BCUT2D eigenvalue weighted by atomic mass is 19.4. The summed E-state index contributed by atoms with van der Waals surface area (Å²) >= 11 is 0. The van der Waals surface area contributed by atoms with Crippen LogP contribution in [0.4, 0.5) is 13.2 Å². The largest absolute Gasteiger partial charge is 0.481 e. The van der Waals surface area contributed by atoms with Gasteiger partial charge in [-0.3, -0.25) is 9.59 Å². The van der Waals surface area contributed by atoms with Crippen molar-refractivity contribution in [3.05, 3.63) is 95.1 Å². The molecule has 0 amide bonds. The van der Waals surface area contributed by atoms with Crippen molar-refractivity contribution >= 4 is 11.9 Å². The zero-order chi connectivity index (χ0) is 23.8. The van der Waals surface area contributed by atoms with E-state index in [1.807, 2.05) is 48.5 Å². The van der Waals surface area contributed by atoms with E-state index in [-0.39, 0.29) is 18.1 Å². The van der Waals surface area contributed by atoms with Gasteiger partial charge in [0.1, 0.15) is 6.61 Å². The molecule has 1 aliphatic rings. The maximum absolute atomic E-state index is 12.8. The highest BCUT2D eigenvalue weighted by Gasteiger charge is 2.37. The van der Waals surface area contributed by atoms with E-state index < -0.39 is 35.6 Å². The van der Waals surface area contributed by atoms with E-state index in [0.29, 0.717) is 0 Å². The van der Waals surface area contributed by atoms with Gasteiger partial charge in [0.05, 0.1) is 11.6 Å². The molecule has 3 aromatic rings. The molecule has 0 saturated heterocycles. The Balaban J connectivity index is 1.52. The zero-order valence-electron chi connectivity index (χ0n) is 17.3. The lowest BCUT2D eigenvalue weighted by Crippen LogP contribution is -2.36. The second kappa shape index (κ2) is 8.71. The Hall–Kier alpha value is -3.65. The number of benzene rings is 3. The van der Waals surface area contributed by atoms with Gasteiger partial charge in [0.2, 0.25) is 0 Å². The third kappa shape index (κ3) is 4.34. The van der Waals surface area contributed by atoms with E-state index in [1.54, 1.807) is 0 Å². The van der Waals surface area contributed by atoms with Gasteiger partial charge in [0.25, 0.3) is 0 Å². The summed E-state index contributed by atoms with van der Waals surface area (Å²) in [5, 5.41) is 9.61. The summed E-state index contributed by atoms with van der Waals surface area (Å²) in [7, 11) is 0. The number of esters is 1. The van der Waals surface area contributed by atoms with Crippen molar-refractivity contribution in [3.63, 3.8) is 0 Å². The molecule has 0 spiro atoms. The molecule has 0 saturated carbocycles. The Morgan fingerprint density at radius 1 is 0.909 bits per heavy atom. The fourth-order valence-electron chi connectivity index (χ4n) is 4.18. The number of rotatable bonds is 6. The molecule has 2 atom stereocenters. The molecule has 3 aromatic carbocycles. The van der Waals surface area contributed by atoms with Crippen molar-refractivity contribution in [2.45, 2.75) is 18.1 Å². The van der Waals surface area contributed by atoms with Gasteiger partial charge < -0.3 is 15.6 Å². The number of aliphatic carboxylic acids is 1. The zero-order valence-corrected chi connectivity index (χ0v) is 17.3. The normalized spacial score (nSPS) is 14.8. The third-order valence-electron chi connectivity index (χ3n) is 5.86. The maximum atomic E-state index is 12.8. The molecule has 4 rings (SSSR count). The summed E-state index contributed by atoms with van der Waals surface area (Å²) in [6.07, 6.45) is -4.54. The number of hydrogen-bond donors (Lipinski definition) is 2. The summed E-state index contributed by atoms with van der Waals surface area (Å²) in [5.74, 6) is -4.59. The summed E-state index contributed by atoms with van der Waals surface area (Å²) in [6, 6.07) is 17.7. The first-order valence-electron chi connectivity index (χ1n) is 10.2. The average molecular weight is 455 g/mol. The molecule has 33 heavy (non-hydrogen) atoms. The Bertz CT molecular complexity index is 1150. The van der Waals surface area contributed by atoms with E-state index in [1.165, 1.54) is 0 Å². The lowest BCUT2D eigenvalue weighted by molar-refractivity contribution is -0.160. The lowest BCUT2D eigenvalue weighted by atomic mass is 9.93. The number of hydrogen-bond acceptors (Lipinski definition) is 4. The number of alkyl halides is 3. The fraction of sp³-hybridized carbons (Fsp3) is 0.200. The lowest BCUT2D eigenvalue weighted by Gasteiger charge is -2.21. The molecule has 170 valence electrons. The molecule has 0 fully saturated rings.